The summed E-state index contributed by atoms with van der Waals surface area (Å²) < 4.78 is 20.9. The minimum Gasteiger partial charge on any atom is -0.591 e. The number of ether oxygens (including phenoxy) is 1. The Kier molecular flexibility index (Phi) is 5.08. The highest BCUT2D eigenvalue weighted by Crippen LogP contribution is 2.30. The first-order valence-electron chi connectivity index (χ1n) is 6.60. The molecule has 0 aliphatic carbocycles. The van der Waals surface area contributed by atoms with Gasteiger partial charge in [-0.2, -0.15) is 0 Å². The summed E-state index contributed by atoms with van der Waals surface area (Å²) in [6.07, 6.45) is 1.69. The van der Waals surface area contributed by atoms with Crippen LogP contribution in [0.3, 0.4) is 0 Å². The van der Waals surface area contributed by atoms with Crippen molar-refractivity contribution in [1.82, 2.24) is 0 Å². The third kappa shape index (κ3) is 4.33. The van der Waals surface area contributed by atoms with Gasteiger partial charge in [0, 0.05) is 4.88 Å². The maximum absolute atomic E-state index is 11.9. The van der Waals surface area contributed by atoms with Crippen LogP contribution in [0.2, 0.25) is 0 Å². The van der Waals surface area contributed by atoms with E-state index in [1.807, 2.05) is 57.2 Å². The van der Waals surface area contributed by atoms with Crippen molar-refractivity contribution in [3.8, 4) is 16.2 Å². The predicted molar refractivity (Wildman–Crippen MR) is 91.8 cm³/mol. The molecule has 1 heterocycles. The number of benzene rings is 1. The van der Waals surface area contributed by atoms with Gasteiger partial charge in [0.2, 0.25) is 0 Å². The van der Waals surface area contributed by atoms with E-state index in [9.17, 15) is 4.55 Å². The van der Waals surface area contributed by atoms with E-state index in [1.165, 1.54) is 0 Å². The molecule has 1 aromatic carbocycles. The molecule has 2 rings (SSSR count). The van der Waals surface area contributed by atoms with Crippen LogP contribution in [-0.4, -0.2) is 22.6 Å². The van der Waals surface area contributed by atoms with Gasteiger partial charge in [-0.25, -0.2) is 0 Å². The lowest BCUT2D eigenvalue weighted by Gasteiger charge is -2.17. The van der Waals surface area contributed by atoms with Crippen molar-refractivity contribution in [3.63, 3.8) is 0 Å². The lowest BCUT2D eigenvalue weighted by atomic mass is 10.2. The molecule has 3 nitrogen and oxygen atoms in total. The summed E-state index contributed by atoms with van der Waals surface area (Å²) in [6.45, 7) is 5.74. The highest BCUT2D eigenvalue weighted by molar-refractivity contribution is 7.91. The van der Waals surface area contributed by atoms with Gasteiger partial charge >= 0.3 is 0 Å². The summed E-state index contributed by atoms with van der Waals surface area (Å²) in [5.41, 5.74) is 1.11. The monoisotopic (exact) mass is 321 g/mol. The molecule has 0 unspecified atom stereocenters. The minimum absolute atomic E-state index is 0.330. The molecule has 0 N–H and O–H groups in total. The number of nitrogens with zero attached hydrogens (tertiary/aromatic N) is 1. The lowest BCUT2D eigenvalue weighted by Crippen LogP contribution is -2.25. The van der Waals surface area contributed by atoms with Crippen molar-refractivity contribution in [2.75, 3.05) is 7.11 Å². The van der Waals surface area contributed by atoms with E-state index >= 15 is 0 Å². The third-order valence-corrected chi connectivity index (χ3v) is 5.19. The molecule has 0 saturated carbocycles. The number of hydrogen-bond donors (Lipinski definition) is 0. The fourth-order valence-corrected chi connectivity index (χ4v) is 3.08. The first-order valence-corrected chi connectivity index (χ1v) is 8.53. The maximum Gasteiger partial charge on any atom is 0.144 e. The van der Waals surface area contributed by atoms with Crippen LogP contribution in [0.4, 0.5) is 0 Å². The molecular formula is C16H19NO2S2. The van der Waals surface area contributed by atoms with E-state index in [1.54, 1.807) is 24.7 Å². The Morgan fingerprint density at radius 2 is 2.00 bits per heavy atom. The second-order valence-electron chi connectivity index (χ2n) is 5.53. The van der Waals surface area contributed by atoms with Gasteiger partial charge in [-0.3, -0.25) is 0 Å². The van der Waals surface area contributed by atoms with Gasteiger partial charge < -0.3 is 9.29 Å². The molecule has 5 heteroatoms. The SMILES string of the molecule is COc1cccc(-c2ccc(/C=N/[S@+]([O-])C(C)(C)C)s2)c1. The molecule has 112 valence electrons. The molecule has 0 bridgehead atoms. The average Bonchev–Trinajstić information content (AvgIpc) is 2.92. The Labute approximate surface area is 133 Å². The van der Waals surface area contributed by atoms with E-state index in [4.69, 9.17) is 4.74 Å². The molecule has 0 spiro atoms. The highest BCUT2D eigenvalue weighted by atomic mass is 32.2. The van der Waals surface area contributed by atoms with E-state index in [2.05, 4.69) is 4.40 Å². The summed E-state index contributed by atoms with van der Waals surface area (Å²) in [5, 5.41) is 0. The Balaban J connectivity index is 2.16. The molecule has 1 aromatic heterocycles. The topological polar surface area (TPSA) is 44.6 Å². The second-order valence-corrected chi connectivity index (χ2v) is 8.58. The number of hydrogen-bond acceptors (Lipinski definition) is 4. The molecule has 1 atom stereocenters. The first-order chi connectivity index (χ1) is 9.90. The van der Waals surface area contributed by atoms with Crippen LogP contribution >= 0.6 is 11.3 Å². The Morgan fingerprint density at radius 3 is 2.67 bits per heavy atom. The molecule has 0 aliphatic heterocycles. The number of methoxy groups -OCH3 is 1. The van der Waals surface area contributed by atoms with E-state index in [0.717, 1.165) is 21.1 Å². The van der Waals surface area contributed by atoms with Crippen LogP contribution in [0.5, 0.6) is 5.75 Å². The molecule has 0 amide bonds. The summed E-state index contributed by atoms with van der Waals surface area (Å²) in [5.74, 6) is 0.838. The predicted octanol–water partition coefficient (Wildman–Crippen LogP) is 4.30. The fourth-order valence-electron chi connectivity index (χ4n) is 1.61. The second kappa shape index (κ2) is 6.64. The zero-order chi connectivity index (χ0) is 15.5. The van der Waals surface area contributed by atoms with Gasteiger partial charge in [0.25, 0.3) is 0 Å². The summed E-state index contributed by atoms with van der Waals surface area (Å²) in [7, 11) is 1.66. The maximum atomic E-state index is 11.9. The summed E-state index contributed by atoms with van der Waals surface area (Å²) in [4.78, 5) is 2.13. The Bertz CT molecular complexity index is 629. The molecule has 0 aliphatic rings. The van der Waals surface area contributed by atoms with Crippen molar-refractivity contribution < 1.29 is 9.29 Å². The first kappa shape index (κ1) is 16.1. The van der Waals surface area contributed by atoms with Crippen LogP contribution in [0.1, 0.15) is 25.6 Å². The van der Waals surface area contributed by atoms with Crippen molar-refractivity contribution >= 4 is 28.9 Å². The highest BCUT2D eigenvalue weighted by Gasteiger charge is 2.25. The lowest BCUT2D eigenvalue weighted by molar-refractivity contribution is 0.415. The normalized spacial score (nSPS) is 13.6. The van der Waals surface area contributed by atoms with Crippen LogP contribution in [0.15, 0.2) is 40.8 Å². The summed E-state index contributed by atoms with van der Waals surface area (Å²) in [6, 6.07) is 12.0. The van der Waals surface area contributed by atoms with Gasteiger partial charge in [0.05, 0.1) is 18.2 Å². The van der Waals surface area contributed by atoms with E-state index < -0.39 is 11.4 Å². The zero-order valence-corrected chi connectivity index (χ0v) is 14.3. The van der Waals surface area contributed by atoms with Crippen LogP contribution < -0.4 is 4.74 Å². The van der Waals surface area contributed by atoms with Crippen molar-refractivity contribution in [2.45, 2.75) is 25.5 Å². The largest absolute Gasteiger partial charge is 0.591 e. The Hall–Kier alpha value is -1.30. The van der Waals surface area contributed by atoms with Crippen LogP contribution in [0, 0.1) is 0 Å². The van der Waals surface area contributed by atoms with Crippen molar-refractivity contribution in [2.24, 2.45) is 4.40 Å². The minimum atomic E-state index is -1.22. The molecule has 21 heavy (non-hydrogen) atoms. The summed E-state index contributed by atoms with van der Waals surface area (Å²) >= 11 is 0.396. The number of rotatable bonds is 4. The standard InChI is InChI=1S/C16H19NO2S2/c1-16(2,3)21(18)17-11-14-8-9-15(20-14)12-6-5-7-13(10-12)19-4/h5-11H,1-4H3/b17-11+/t21-/m1/s1. The van der Waals surface area contributed by atoms with E-state index in [-0.39, 0.29) is 4.75 Å². The van der Waals surface area contributed by atoms with Crippen molar-refractivity contribution in [1.29, 1.82) is 0 Å². The van der Waals surface area contributed by atoms with Gasteiger partial charge in [0.1, 0.15) is 21.9 Å². The average molecular weight is 321 g/mol. The molecular weight excluding hydrogens is 302 g/mol. The smallest absolute Gasteiger partial charge is 0.144 e. The van der Waals surface area contributed by atoms with Gasteiger partial charge in [-0.05, 0) is 50.6 Å². The van der Waals surface area contributed by atoms with Crippen molar-refractivity contribution in [3.05, 3.63) is 41.3 Å². The van der Waals surface area contributed by atoms with Crippen LogP contribution in [0.25, 0.3) is 10.4 Å². The fraction of sp³-hybridized carbons (Fsp3) is 0.312. The molecule has 0 radical (unpaired) electrons. The van der Waals surface area contributed by atoms with Gasteiger partial charge in [0.15, 0.2) is 0 Å². The Morgan fingerprint density at radius 1 is 1.24 bits per heavy atom. The van der Waals surface area contributed by atoms with E-state index in [0.29, 0.717) is 0 Å². The number of thiophene rings is 1. The van der Waals surface area contributed by atoms with Gasteiger partial charge in [-0.15, -0.1) is 11.3 Å². The molecule has 2 aromatic rings. The van der Waals surface area contributed by atoms with Crippen LogP contribution in [-0.2, 0) is 11.4 Å². The quantitative estimate of drug-likeness (QED) is 0.622. The zero-order valence-electron chi connectivity index (χ0n) is 12.6. The molecule has 0 saturated heterocycles. The van der Waals surface area contributed by atoms with Gasteiger partial charge in [-0.1, -0.05) is 16.5 Å². The third-order valence-electron chi connectivity index (χ3n) is 2.78. The molecule has 0 fully saturated rings.